The minimum Gasteiger partial charge on any atom is -0.466 e. The van der Waals surface area contributed by atoms with Crippen LogP contribution in [-0.2, 0) is 14.3 Å². The van der Waals surface area contributed by atoms with Crippen LogP contribution < -0.4 is 0 Å². The first-order valence-corrected chi connectivity index (χ1v) is 9.30. The average Bonchev–Trinajstić information content (AvgIpc) is 2.84. The molecule has 0 spiro atoms. The van der Waals surface area contributed by atoms with E-state index in [0.717, 1.165) is 24.8 Å². The molecule has 1 saturated heterocycles. The Morgan fingerprint density at radius 3 is 2.75 bits per heavy atom. The highest BCUT2D eigenvalue weighted by Crippen LogP contribution is 2.32. The Bertz CT molecular complexity index is 628. The van der Waals surface area contributed by atoms with Crippen LogP contribution in [-0.4, -0.2) is 34.2 Å². The molecule has 0 saturated carbocycles. The normalized spacial score (nSPS) is 16.0. The standard InChI is InChI=1S/C18H21NO3S2/c1-2-3-7-12-22-16(20)10-11-19-17(21)15(24-18(19)23)13-14-8-5-4-6-9-14/h4-6,8-9,13H,2-3,7,10-12H2,1H3. The van der Waals surface area contributed by atoms with Gasteiger partial charge in [-0.05, 0) is 18.1 Å². The van der Waals surface area contributed by atoms with Gasteiger partial charge in [0.1, 0.15) is 4.32 Å². The molecule has 6 heteroatoms. The lowest BCUT2D eigenvalue weighted by Crippen LogP contribution is -2.30. The first-order valence-electron chi connectivity index (χ1n) is 8.08. The van der Waals surface area contributed by atoms with Gasteiger partial charge in [0, 0.05) is 6.54 Å². The lowest BCUT2D eigenvalue weighted by molar-refractivity contribution is -0.144. The van der Waals surface area contributed by atoms with Crippen LogP contribution in [0.3, 0.4) is 0 Å². The van der Waals surface area contributed by atoms with Crippen LogP contribution in [0.4, 0.5) is 0 Å². The molecule has 0 bridgehead atoms. The second-order valence-corrected chi connectivity index (χ2v) is 7.10. The van der Waals surface area contributed by atoms with E-state index >= 15 is 0 Å². The van der Waals surface area contributed by atoms with Crippen molar-refractivity contribution in [2.45, 2.75) is 32.6 Å². The lowest BCUT2D eigenvalue weighted by Gasteiger charge is -2.13. The Kier molecular flexibility index (Phi) is 7.46. The number of carbonyl (C=O) groups excluding carboxylic acids is 2. The third-order valence-electron chi connectivity index (χ3n) is 3.52. The highest BCUT2D eigenvalue weighted by molar-refractivity contribution is 8.26. The van der Waals surface area contributed by atoms with Crippen molar-refractivity contribution in [3.8, 4) is 0 Å². The molecule has 1 amide bonds. The number of benzene rings is 1. The van der Waals surface area contributed by atoms with Gasteiger partial charge in [-0.2, -0.15) is 0 Å². The van der Waals surface area contributed by atoms with Crippen molar-refractivity contribution in [1.29, 1.82) is 0 Å². The number of unbranched alkanes of at least 4 members (excludes halogenated alkanes) is 2. The number of hydrogen-bond donors (Lipinski definition) is 0. The molecule has 0 aromatic heterocycles. The van der Waals surface area contributed by atoms with Crippen LogP contribution in [0.2, 0.25) is 0 Å². The molecule has 4 nitrogen and oxygen atoms in total. The third kappa shape index (κ3) is 5.46. The Balaban J connectivity index is 1.86. The van der Waals surface area contributed by atoms with Gasteiger partial charge >= 0.3 is 5.97 Å². The van der Waals surface area contributed by atoms with Crippen molar-refractivity contribution in [3.05, 3.63) is 40.8 Å². The van der Waals surface area contributed by atoms with Crippen molar-refractivity contribution in [1.82, 2.24) is 4.90 Å². The Morgan fingerprint density at radius 2 is 2.04 bits per heavy atom. The number of carbonyl (C=O) groups is 2. The van der Waals surface area contributed by atoms with Crippen LogP contribution in [0, 0.1) is 0 Å². The van der Waals surface area contributed by atoms with Gasteiger partial charge in [-0.15, -0.1) is 0 Å². The van der Waals surface area contributed by atoms with Crippen LogP contribution in [0.15, 0.2) is 35.2 Å². The number of thioether (sulfide) groups is 1. The van der Waals surface area contributed by atoms with Gasteiger partial charge in [0.15, 0.2) is 0 Å². The van der Waals surface area contributed by atoms with Crippen molar-refractivity contribution in [3.63, 3.8) is 0 Å². The molecular formula is C18H21NO3S2. The molecule has 1 heterocycles. The third-order valence-corrected chi connectivity index (χ3v) is 4.90. The Hall–Kier alpha value is -1.66. The van der Waals surface area contributed by atoms with Gasteiger partial charge in [0.25, 0.3) is 5.91 Å². The number of nitrogens with zero attached hydrogens (tertiary/aromatic N) is 1. The summed E-state index contributed by atoms with van der Waals surface area (Å²) in [6.07, 6.45) is 5.00. The largest absolute Gasteiger partial charge is 0.466 e. The predicted octanol–water partition coefficient (Wildman–Crippen LogP) is 4.01. The van der Waals surface area contributed by atoms with Gasteiger partial charge in [-0.3, -0.25) is 14.5 Å². The summed E-state index contributed by atoms with van der Waals surface area (Å²) in [4.78, 5) is 26.2. The minimum absolute atomic E-state index is 0.146. The highest BCUT2D eigenvalue weighted by Gasteiger charge is 2.32. The Labute approximate surface area is 152 Å². The summed E-state index contributed by atoms with van der Waals surface area (Å²) in [5, 5.41) is 0. The molecular weight excluding hydrogens is 342 g/mol. The molecule has 1 aromatic rings. The molecule has 0 atom stereocenters. The predicted molar refractivity (Wildman–Crippen MR) is 101 cm³/mol. The van der Waals surface area contributed by atoms with Crippen LogP contribution in [0.25, 0.3) is 6.08 Å². The molecule has 24 heavy (non-hydrogen) atoms. The quantitative estimate of drug-likeness (QED) is 0.302. The number of esters is 1. The SMILES string of the molecule is CCCCCOC(=O)CCN1C(=O)C(=Cc2ccccc2)SC1=S. The zero-order valence-corrected chi connectivity index (χ0v) is 15.3. The van der Waals surface area contributed by atoms with E-state index in [2.05, 4.69) is 6.92 Å². The van der Waals surface area contributed by atoms with Crippen molar-refractivity contribution in [2.24, 2.45) is 0 Å². The summed E-state index contributed by atoms with van der Waals surface area (Å²) in [6, 6.07) is 9.62. The number of rotatable bonds is 8. The maximum absolute atomic E-state index is 12.4. The maximum atomic E-state index is 12.4. The van der Waals surface area contributed by atoms with Gasteiger partial charge in [0.2, 0.25) is 0 Å². The summed E-state index contributed by atoms with van der Waals surface area (Å²) < 4.78 is 5.64. The minimum atomic E-state index is -0.285. The van der Waals surface area contributed by atoms with E-state index < -0.39 is 0 Å². The molecule has 1 fully saturated rings. The van der Waals surface area contributed by atoms with E-state index in [1.54, 1.807) is 0 Å². The van der Waals surface area contributed by atoms with E-state index in [9.17, 15) is 9.59 Å². The number of hydrogen-bond acceptors (Lipinski definition) is 5. The van der Waals surface area contributed by atoms with Crippen molar-refractivity contribution in [2.75, 3.05) is 13.2 Å². The summed E-state index contributed by atoms with van der Waals surface area (Å²) in [6.45, 7) is 2.81. The average molecular weight is 364 g/mol. The summed E-state index contributed by atoms with van der Waals surface area (Å²) >= 11 is 6.53. The fraction of sp³-hybridized carbons (Fsp3) is 0.389. The van der Waals surface area contributed by atoms with Crippen molar-refractivity contribution >= 4 is 46.3 Å². The molecule has 0 aliphatic carbocycles. The maximum Gasteiger partial charge on any atom is 0.307 e. The summed E-state index contributed by atoms with van der Waals surface area (Å²) in [5.41, 5.74) is 0.952. The molecule has 1 aromatic carbocycles. The lowest BCUT2D eigenvalue weighted by atomic mass is 10.2. The molecule has 1 aliphatic rings. The molecule has 2 rings (SSSR count). The second kappa shape index (κ2) is 9.59. The highest BCUT2D eigenvalue weighted by atomic mass is 32.2. The zero-order valence-electron chi connectivity index (χ0n) is 13.7. The number of ether oxygens (including phenoxy) is 1. The van der Waals surface area contributed by atoms with E-state index in [0.29, 0.717) is 15.8 Å². The molecule has 0 radical (unpaired) electrons. The molecule has 1 aliphatic heterocycles. The van der Waals surface area contributed by atoms with Crippen LogP contribution in [0.1, 0.15) is 38.2 Å². The van der Waals surface area contributed by atoms with E-state index in [1.165, 1.54) is 16.7 Å². The van der Waals surface area contributed by atoms with Gasteiger partial charge < -0.3 is 4.74 Å². The van der Waals surface area contributed by atoms with Gasteiger partial charge in [0.05, 0.1) is 17.9 Å². The fourth-order valence-electron chi connectivity index (χ4n) is 2.21. The van der Waals surface area contributed by atoms with Crippen LogP contribution >= 0.6 is 24.0 Å². The second-order valence-electron chi connectivity index (χ2n) is 5.42. The number of amides is 1. The fourth-order valence-corrected chi connectivity index (χ4v) is 3.52. The molecule has 0 unspecified atom stereocenters. The van der Waals surface area contributed by atoms with Gasteiger partial charge in [-0.1, -0.05) is 74.1 Å². The molecule has 0 N–H and O–H groups in total. The van der Waals surface area contributed by atoms with E-state index in [-0.39, 0.29) is 24.8 Å². The first-order chi connectivity index (χ1) is 11.6. The van der Waals surface area contributed by atoms with E-state index in [4.69, 9.17) is 17.0 Å². The Morgan fingerprint density at radius 1 is 1.29 bits per heavy atom. The molecule has 128 valence electrons. The van der Waals surface area contributed by atoms with E-state index in [1.807, 2.05) is 36.4 Å². The summed E-state index contributed by atoms with van der Waals surface area (Å²) in [5.74, 6) is -0.431. The summed E-state index contributed by atoms with van der Waals surface area (Å²) in [7, 11) is 0. The zero-order chi connectivity index (χ0) is 17.4. The van der Waals surface area contributed by atoms with Gasteiger partial charge in [-0.25, -0.2) is 0 Å². The van der Waals surface area contributed by atoms with Crippen LogP contribution in [0.5, 0.6) is 0 Å². The topological polar surface area (TPSA) is 46.6 Å². The monoisotopic (exact) mass is 363 g/mol. The van der Waals surface area contributed by atoms with Crippen molar-refractivity contribution < 1.29 is 14.3 Å². The number of thiocarbonyl (C=S) groups is 1. The smallest absolute Gasteiger partial charge is 0.307 e. The first kappa shape index (κ1) is 18.7.